The van der Waals surface area contributed by atoms with E-state index in [0.717, 1.165) is 36.9 Å². The van der Waals surface area contributed by atoms with E-state index in [1.54, 1.807) is 18.2 Å². The van der Waals surface area contributed by atoms with Crippen LogP contribution in [-0.4, -0.2) is 29.7 Å². The minimum Gasteiger partial charge on any atom is -0.384 e. The first-order valence-corrected chi connectivity index (χ1v) is 9.99. The van der Waals surface area contributed by atoms with E-state index in [-0.39, 0.29) is 11.4 Å². The van der Waals surface area contributed by atoms with Gasteiger partial charge in [-0.25, -0.2) is 9.37 Å². The molecule has 0 amide bonds. The molecule has 5 nitrogen and oxygen atoms in total. The van der Waals surface area contributed by atoms with Crippen molar-refractivity contribution < 1.29 is 8.78 Å². The predicted molar refractivity (Wildman–Crippen MR) is 114 cm³/mol. The maximum Gasteiger partial charge on any atom is 0.214 e. The summed E-state index contributed by atoms with van der Waals surface area (Å²) >= 11 is 0. The van der Waals surface area contributed by atoms with Crippen LogP contribution in [0.3, 0.4) is 0 Å². The predicted octanol–water partition coefficient (Wildman–Crippen LogP) is 4.02. The van der Waals surface area contributed by atoms with E-state index in [2.05, 4.69) is 20.9 Å². The Balaban J connectivity index is 1.48. The molecule has 1 aliphatic rings. The molecule has 3 rings (SSSR count). The van der Waals surface area contributed by atoms with E-state index in [1.807, 2.05) is 13.1 Å². The van der Waals surface area contributed by atoms with Crippen molar-refractivity contribution in [1.82, 2.24) is 10.3 Å². The zero-order valence-electron chi connectivity index (χ0n) is 16.7. The number of benzene rings is 1. The fraction of sp³-hybridized carbons (Fsp3) is 0.409. The highest BCUT2D eigenvalue weighted by molar-refractivity contribution is 5.44. The molecule has 5 N–H and O–H groups in total. The summed E-state index contributed by atoms with van der Waals surface area (Å²) in [7, 11) is 0. The fourth-order valence-corrected chi connectivity index (χ4v) is 3.59. The standard InChI is InChI=1S/C22H29F2N5/c1-16(13-27-20-8-11-26-21(24)12-20)14-28-22(15-25)9-6-19(7-10-22)29-18-4-2-17(23)3-5-18/h2-5,8,11-12,14,19,28-29H,6-7,9-10,13,15,25H2,1H3,(H,26,27)/b16-14-. The first-order valence-electron chi connectivity index (χ1n) is 9.99. The van der Waals surface area contributed by atoms with E-state index in [0.29, 0.717) is 24.8 Å². The Hall–Kier alpha value is -2.67. The molecule has 0 saturated heterocycles. The van der Waals surface area contributed by atoms with Gasteiger partial charge in [0, 0.05) is 48.3 Å². The molecular formula is C22H29F2N5. The lowest BCUT2D eigenvalue weighted by Crippen LogP contribution is -2.52. The average Bonchev–Trinajstić information content (AvgIpc) is 2.74. The number of nitrogens with two attached hydrogens (primary N) is 1. The van der Waals surface area contributed by atoms with Crippen molar-refractivity contribution in [2.45, 2.75) is 44.2 Å². The minimum atomic E-state index is -0.497. The number of aromatic nitrogens is 1. The van der Waals surface area contributed by atoms with Crippen LogP contribution in [0.25, 0.3) is 0 Å². The van der Waals surface area contributed by atoms with Crippen LogP contribution in [0, 0.1) is 11.8 Å². The molecule has 2 aromatic rings. The number of hydrogen-bond acceptors (Lipinski definition) is 5. The Morgan fingerprint density at radius 3 is 2.55 bits per heavy atom. The summed E-state index contributed by atoms with van der Waals surface area (Å²) in [4.78, 5) is 3.55. The molecule has 7 heteroatoms. The number of anilines is 2. The van der Waals surface area contributed by atoms with Crippen LogP contribution < -0.4 is 21.7 Å². The SMILES string of the molecule is C/C(=C/NC1(CN)CCC(Nc2ccc(F)cc2)CC1)CNc1ccnc(F)c1. The Kier molecular flexibility index (Phi) is 7.04. The molecule has 0 radical (unpaired) electrons. The Labute approximate surface area is 170 Å². The van der Waals surface area contributed by atoms with Gasteiger partial charge in [0.15, 0.2) is 0 Å². The normalized spacial score (nSPS) is 22.2. The van der Waals surface area contributed by atoms with Gasteiger partial charge >= 0.3 is 0 Å². The van der Waals surface area contributed by atoms with Crippen LogP contribution in [0.4, 0.5) is 20.2 Å². The van der Waals surface area contributed by atoms with Gasteiger partial charge in [-0.1, -0.05) is 0 Å². The van der Waals surface area contributed by atoms with Gasteiger partial charge in [0.25, 0.3) is 0 Å². The summed E-state index contributed by atoms with van der Waals surface area (Å²) in [5.41, 5.74) is 8.73. The Morgan fingerprint density at radius 2 is 1.90 bits per heavy atom. The highest BCUT2D eigenvalue weighted by Gasteiger charge is 2.33. The molecule has 0 atom stereocenters. The highest BCUT2D eigenvalue weighted by Crippen LogP contribution is 2.30. The molecule has 0 aliphatic heterocycles. The summed E-state index contributed by atoms with van der Waals surface area (Å²) in [5.74, 6) is -0.723. The Bertz CT molecular complexity index is 814. The lowest BCUT2D eigenvalue weighted by atomic mass is 9.79. The minimum absolute atomic E-state index is 0.120. The first-order chi connectivity index (χ1) is 14.0. The molecular weight excluding hydrogens is 372 g/mol. The maximum atomic E-state index is 13.2. The van der Waals surface area contributed by atoms with Crippen molar-refractivity contribution in [2.75, 3.05) is 23.7 Å². The highest BCUT2D eigenvalue weighted by atomic mass is 19.1. The van der Waals surface area contributed by atoms with Crippen LogP contribution in [-0.2, 0) is 0 Å². The van der Waals surface area contributed by atoms with Gasteiger partial charge in [-0.15, -0.1) is 0 Å². The molecule has 1 saturated carbocycles. The molecule has 1 aromatic carbocycles. The van der Waals surface area contributed by atoms with E-state index in [4.69, 9.17) is 5.73 Å². The summed E-state index contributed by atoms with van der Waals surface area (Å²) in [6.45, 7) is 3.18. The third-order valence-corrected chi connectivity index (χ3v) is 5.47. The summed E-state index contributed by atoms with van der Waals surface area (Å²) in [6, 6.07) is 9.95. The first kappa shape index (κ1) is 21.0. The molecule has 156 valence electrons. The second-order valence-corrected chi connectivity index (χ2v) is 7.77. The molecule has 0 unspecified atom stereocenters. The van der Waals surface area contributed by atoms with Gasteiger partial charge in [0.2, 0.25) is 5.95 Å². The van der Waals surface area contributed by atoms with Crippen molar-refractivity contribution in [2.24, 2.45) is 5.73 Å². The average molecular weight is 402 g/mol. The second kappa shape index (κ2) is 9.69. The molecule has 1 aromatic heterocycles. The maximum absolute atomic E-state index is 13.2. The van der Waals surface area contributed by atoms with Gasteiger partial charge in [-0.2, -0.15) is 4.39 Å². The van der Waals surface area contributed by atoms with Crippen LogP contribution in [0.5, 0.6) is 0 Å². The number of nitrogens with one attached hydrogen (secondary N) is 3. The van der Waals surface area contributed by atoms with Crippen LogP contribution in [0.2, 0.25) is 0 Å². The monoisotopic (exact) mass is 401 g/mol. The molecule has 0 bridgehead atoms. The summed E-state index contributed by atoms with van der Waals surface area (Å²) in [5, 5.41) is 10.2. The van der Waals surface area contributed by atoms with Crippen LogP contribution in [0.1, 0.15) is 32.6 Å². The molecule has 1 fully saturated rings. The smallest absolute Gasteiger partial charge is 0.214 e. The van der Waals surface area contributed by atoms with E-state index >= 15 is 0 Å². The van der Waals surface area contributed by atoms with Crippen molar-refractivity contribution in [3.05, 3.63) is 66.1 Å². The topological polar surface area (TPSA) is 75.0 Å². The summed E-state index contributed by atoms with van der Waals surface area (Å²) < 4.78 is 26.2. The lowest BCUT2D eigenvalue weighted by Gasteiger charge is -2.40. The van der Waals surface area contributed by atoms with Gasteiger partial charge in [0.05, 0.1) is 0 Å². The van der Waals surface area contributed by atoms with E-state index < -0.39 is 5.95 Å². The van der Waals surface area contributed by atoms with Crippen molar-refractivity contribution in [1.29, 1.82) is 0 Å². The van der Waals surface area contributed by atoms with Gasteiger partial charge in [0.1, 0.15) is 5.82 Å². The van der Waals surface area contributed by atoms with Gasteiger partial charge < -0.3 is 21.7 Å². The van der Waals surface area contributed by atoms with E-state index in [9.17, 15) is 8.78 Å². The second-order valence-electron chi connectivity index (χ2n) is 7.77. The van der Waals surface area contributed by atoms with Crippen molar-refractivity contribution >= 4 is 11.4 Å². The number of pyridine rings is 1. The van der Waals surface area contributed by atoms with E-state index in [1.165, 1.54) is 24.4 Å². The van der Waals surface area contributed by atoms with Gasteiger partial charge in [-0.3, -0.25) is 0 Å². The molecule has 0 spiro atoms. The number of halogens is 2. The lowest BCUT2D eigenvalue weighted by molar-refractivity contribution is 0.252. The number of nitrogens with zero attached hydrogens (tertiary/aromatic N) is 1. The van der Waals surface area contributed by atoms with Crippen molar-refractivity contribution in [3.8, 4) is 0 Å². The zero-order chi connectivity index (χ0) is 20.7. The zero-order valence-corrected chi connectivity index (χ0v) is 16.7. The Morgan fingerprint density at radius 1 is 1.17 bits per heavy atom. The fourth-order valence-electron chi connectivity index (χ4n) is 3.59. The van der Waals surface area contributed by atoms with Gasteiger partial charge in [-0.05, 0) is 74.7 Å². The largest absolute Gasteiger partial charge is 0.384 e. The molecule has 29 heavy (non-hydrogen) atoms. The van der Waals surface area contributed by atoms with Crippen LogP contribution >= 0.6 is 0 Å². The molecule has 1 heterocycles. The summed E-state index contributed by atoms with van der Waals surface area (Å²) in [6.07, 6.45) is 7.33. The third-order valence-electron chi connectivity index (χ3n) is 5.47. The molecule has 1 aliphatic carbocycles. The van der Waals surface area contributed by atoms with Crippen LogP contribution in [0.15, 0.2) is 54.4 Å². The number of hydrogen-bond donors (Lipinski definition) is 4. The third kappa shape index (κ3) is 6.15. The number of rotatable bonds is 8. The van der Waals surface area contributed by atoms with Crippen molar-refractivity contribution in [3.63, 3.8) is 0 Å². The quantitative estimate of drug-likeness (QED) is 0.503.